The number of ether oxygens (including phenoxy) is 3. The molecule has 0 aromatic carbocycles. The molecule has 0 saturated carbocycles. The lowest BCUT2D eigenvalue weighted by atomic mass is 10.0. The minimum absolute atomic E-state index is 0.0734. The van der Waals surface area contributed by atoms with Crippen molar-refractivity contribution in [1.82, 2.24) is 0 Å². The van der Waals surface area contributed by atoms with Gasteiger partial charge in [-0.2, -0.15) is 0 Å². The molecule has 5 heteroatoms. The highest BCUT2D eigenvalue weighted by atomic mass is 16.6. The van der Waals surface area contributed by atoms with Crippen LogP contribution in [0.15, 0.2) is 48.6 Å². The van der Waals surface area contributed by atoms with Gasteiger partial charge in [-0.05, 0) is 64.2 Å². The Balaban J connectivity index is 4.26. The molecule has 0 rings (SSSR count). The molecular weight excluding hydrogens is 765 g/mol. The van der Waals surface area contributed by atoms with Crippen molar-refractivity contribution in [3.63, 3.8) is 0 Å². The predicted octanol–water partition coefficient (Wildman–Crippen LogP) is 18.3. The Morgan fingerprint density at radius 2 is 0.677 bits per heavy atom. The highest BCUT2D eigenvalue weighted by molar-refractivity contribution is 5.70. The second-order valence-electron chi connectivity index (χ2n) is 18.1. The molecule has 0 amide bonds. The van der Waals surface area contributed by atoms with Crippen molar-refractivity contribution in [3.8, 4) is 0 Å². The third kappa shape index (κ3) is 50.5. The van der Waals surface area contributed by atoms with Crippen LogP contribution in [0.4, 0.5) is 0 Å². The molecule has 0 heterocycles. The first-order valence-electron chi connectivity index (χ1n) is 27.2. The number of allylic oxidation sites excluding steroid dienone is 8. The maximum Gasteiger partial charge on any atom is 0.306 e. The van der Waals surface area contributed by atoms with Crippen molar-refractivity contribution in [1.29, 1.82) is 0 Å². The van der Waals surface area contributed by atoms with Gasteiger partial charge in [0.15, 0.2) is 6.10 Å². The zero-order valence-electron chi connectivity index (χ0n) is 41.6. The van der Waals surface area contributed by atoms with Crippen LogP contribution in [0.5, 0.6) is 0 Å². The van der Waals surface area contributed by atoms with Gasteiger partial charge in [-0.15, -0.1) is 0 Å². The molecule has 0 radical (unpaired) electrons. The van der Waals surface area contributed by atoms with E-state index in [2.05, 4.69) is 69.4 Å². The van der Waals surface area contributed by atoms with Crippen LogP contribution in [0.3, 0.4) is 0 Å². The van der Waals surface area contributed by atoms with Crippen LogP contribution < -0.4 is 0 Å². The van der Waals surface area contributed by atoms with Gasteiger partial charge in [0.25, 0.3) is 0 Å². The molecule has 0 N–H and O–H groups in total. The SMILES string of the molecule is CCCCC/C=C\C/C=C\C/C=C\C/C=C\CCCCCC(=O)OC[C@@H](COCCCCCCCCCCCCCCCCCC)OC(=O)CCCCCCCCCCCCC. The monoisotopic (exact) mass is 869 g/mol. The molecule has 62 heavy (non-hydrogen) atoms. The topological polar surface area (TPSA) is 61.8 Å². The zero-order valence-corrected chi connectivity index (χ0v) is 41.6. The minimum atomic E-state index is -0.544. The Kier molecular flexibility index (Phi) is 51.4. The zero-order chi connectivity index (χ0) is 44.9. The third-order valence-corrected chi connectivity index (χ3v) is 11.9. The second-order valence-corrected chi connectivity index (χ2v) is 18.1. The molecule has 0 unspecified atom stereocenters. The molecule has 0 spiro atoms. The first-order chi connectivity index (χ1) is 30.6. The molecule has 0 saturated heterocycles. The molecular formula is C57H104O5. The van der Waals surface area contributed by atoms with Crippen molar-refractivity contribution < 1.29 is 23.8 Å². The average molecular weight is 869 g/mol. The number of rotatable bonds is 50. The standard InChI is InChI=1S/C57H104O5/c1-4-7-10-13-16-19-22-24-26-28-29-30-31-33-36-38-41-44-47-50-56(58)61-54-55(62-57(59)51-48-45-42-39-35-21-18-15-12-9-6-3)53-60-52-49-46-43-40-37-34-32-27-25-23-20-17-14-11-8-5-2/h16,19,24,26,29-30,33,36,55H,4-15,17-18,20-23,25,27-28,31-32,34-35,37-54H2,1-3H3/b19-16-,26-24-,30-29-,36-33-/t55-/m1/s1. The summed E-state index contributed by atoms with van der Waals surface area (Å²) >= 11 is 0. The summed E-state index contributed by atoms with van der Waals surface area (Å²) in [6, 6.07) is 0. The number of carbonyl (C=O) groups excluding carboxylic acids is 2. The van der Waals surface area contributed by atoms with Crippen molar-refractivity contribution in [2.24, 2.45) is 0 Å². The van der Waals surface area contributed by atoms with Gasteiger partial charge < -0.3 is 14.2 Å². The quantitative estimate of drug-likeness (QED) is 0.0346. The van der Waals surface area contributed by atoms with Gasteiger partial charge in [0, 0.05) is 19.4 Å². The highest BCUT2D eigenvalue weighted by Crippen LogP contribution is 2.15. The van der Waals surface area contributed by atoms with Gasteiger partial charge in [-0.1, -0.05) is 249 Å². The Morgan fingerprint density at radius 3 is 1.11 bits per heavy atom. The fraction of sp³-hybridized carbons (Fsp3) is 0.825. The lowest BCUT2D eigenvalue weighted by Gasteiger charge is -2.18. The summed E-state index contributed by atoms with van der Waals surface area (Å²) < 4.78 is 17.4. The predicted molar refractivity (Wildman–Crippen MR) is 270 cm³/mol. The van der Waals surface area contributed by atoms with Gasteiger partial charge in [0.2, 0.25) is 0 Å². The number of hydrogen-bond acceptors (Lipinski definition) is 5. The Morgan fingerprint density at radius 1 is 0.355 bits per heavy atom. The smallest absolute Gasteiger partial charge is 0.306 e. The number of unbranched alkanes of at least 4 members (excludes halogenated alkanes) is 31. The Labute approximate surface area is 386 Å². The van der Waals surface area contributed by atoms with Crippen molar-refractivity contribution in [2.75, 3.05) is 19.8 Å². The summed E-state index contributed by atoms with van der Waals surface area (Å²) in [6.07, 6.45) is 65.5. The molecule has 0 fully saturated rings. The molecule has 0 aromatic rings. The molecule has 5 nitrogen and oxygen atoms in total. The van der Waals surface area contributed by atoms with E-state index in [-0.39, 0.29) is 25.2 Å². The molecule has 0 aliphatic rings. The number of esters is 2. The lowest BCUT2D eigenvalue weighted by Crippen LogP contribution is -2.30. The van der Waals surface area contributed by atoms with Crippen molar-refractivity contribution in [3.05, 3.63) is 48.6 Å². The van der Waals surface area contributed by atoms with Crippen molar-refractivity contribution in [2.45, 2.75) is 284 Å². The maximum absolute atomic E-state index is 12.8. The van der Waals surface area contributed by atoms with E-state index in [1.54, 1.807) is 0 Å². The van der Waals surface area contributed by atoms with Crippen LogP contribution in [-0.4, -0.2) is 37.9 Å². The van der Waals surface area contributed by atoms with E-state index in [0.717, 1.165) is 64.2 Å². The van der Waals surface area contributed by atoms with Crippen LogP contribution in [-0.2, 0) is 23.8 Å². The van der Waals surface area contributed by atoms with Gasteiger partial charge in [-0.3, -0.25) is 9.59 Å². The van der Waals surface area contributed by atoms with Gasteiger partial charge in [0.05, 0.1) is 6.61 Å². The second kappa shape index (κ2) is 53.2. The molecule has 0 aliphatic carbocycles. The van der Waals surface area contributed by atoms with E-state index in [0.29, 0.717) is 19.4 Å². The largest absolute Gasteiger partial charge is 0.462 e. The molecule has 1 atom stereocenters. The third-order valence-electron chi connectivity index (χ3n) is 11.9. The fourth-order valence-corrected chi connectivity index (χ4v) is 7.79. The summed E-state index contributed by atoms with van der Waals surface area (Å²) in [5.74, 6) is -0.420. The van der Waals surface area contributed by atoms with Gasteiger partial charge >= 0.3 is 11.9 Å². The van der Waals surface area contributed by atoms with Crippen LogP contribution in [0.2, 0.25) is 0 Å². The van der Waals surface area contributed by atoms with E-state index >= 15 is 0 Å². The van der Waals surface area contributed by atoms with Crippen LogP contribution >= 0.6 is 0 Å². The van der Waals surface area contributed by atoms with Gasteiger partial charge in [0.1, 0.15) is 6.61 Å². The first-order valence-corrected chi connectivity index (χ1v) is 27.2. The lowest BCUT2D eigenvalue weighted by molar-refractivity contribution is -0.163. The summed E-state index contributed by atoms with van der Waals surface area (Å²) in [5, 5.41) is 0. The van der Waals surface area contributed by atoms with Crippen LogP contribution in [0, 0.1) is 0 Å². The number of carbonyl (C=O) groups is 2. The molecule has 0 aliphatic heterocycles. The summed E-state index contributed by atoms with van der Waals surface area (Å²) in [4.78, 5) is 25.4. The number of hydrogen-bond donors (Lipinski definition) is 0. The first kappa shape index (κ1) is 59.9. The van der Waals surface area contributed by atoms with E-state index in [4.69, 9.17) is 14.2 Å². The maximum atomic E-state index is 12.8. The Bertz CT molecular complexity index is 1030. The summed E-state index contributed by atoms with van der Waals surface area (Å²) in [7, 11) is 0. The van der Waals surface area contributed by atoms with Crippen molar-refractivity contribution >= 4 is 11.9 Å². The minimum Gasteiger partial charge on any atom is -0.462 e. The van der Waals surface area contributed by atoms with E-state index < -0.39 is 6.10 Å². The fourth-order valence-electron chi connectivity index (χ4n) is 7.79. The summed E-state index contributed by atoms with van der Waals surface area (Å²) in [6.45, 7) is 7.81. The van der Waals surface area contributed by atoms with E-state index in [1.807, 2.05) is 0 Å². The summed E-state index contributed by atoms with van der Waals surface area (Å²) in [5.41, 5.74) is 0. The Hall–Kier alpha value is -2.14. The molecule has 0 aromatic heterocycles. The van der Waals surface area contributed by atoms with Gasteiger partial charge in [-0.25, -0.2) is 0 Å². The highest BCUT2D eigenvalue weighted by Gasteiger charge is 2.17. The normalized spacial score (nSPS) is 12.5. The molecule has 362 valence electrons. The van der Waals surface area contributed by atoms with E-state index in [1.165, 1.54) is 180 Å². The van der Waals surface area contributed by atoms with Crippen LogP contribution in [0.1, 0.15) is 278 Å². The average Bonchev–Trinajstić information content (AvgIpc) is 3.27. The van der Waals surface area contributed by atoms with E-state index in [9.17, 15) is 9.59 Å². The molecule has 0 bridgehead atoms. The van der Waals surface area contributed by atoms with Crippen LogP contribution in [0.25, 0.3) is 0 Å².